The summed E-state index contributed by atoms with van der Waals surface area (Å²) in [6, 6.07) is 3.72. The van der Waals surface area contributed by atoms with Gasteiger partial charge in [0.05, 0.1) is 24.8 Å². The fourth-order valence-corrected chi connectivity index (χ4v) is 4.06. The zero-order valence-corrected chi connectivity index (χ0v) is 15.1. The zero-order chi connectivity index (χ0) is 18.4. The van der Waals surface area contributed by atoms with Gasteiger partial charge < -0.3 is 15.4 Å². The van der Waals surface area contributed by atoms with Gasteiger partial charge in [-0.15, -0.1) is 0 Å². The third-order valence-electron chi connectivity index (χ3n) is 3.45. The van der Waals surface area contributed by atoms with Crippen molar-refractivity contribution < 1.29 is 22.7 Å². The minimum Gasteiger partial charge on any atom is -0.379 e. The molecule has 0 saturated carbocycles. The summed E-state index contributed by atoms with van der Waals surface area (Å²) >= 11 is 6.05. The van der Waals surface area contributed by atoms with E-state index in [1.807, 2.05) is 0 Å². The van der Waals surface area contributed by atoms with E-state index in [0.717, 1.165) is 0 Å². The van der Waals surface area contributed by atoms with Gasteiger partial charge in [-0.2, -0.15) is 4.31 Å². The number of rotatable bonds is 5. The number of hydrogen-bond donors (Lipinski definition) is 3. The average molecular weight is 391 g/mol. The Morgan fingerprint density at radius 3 is 2.60 bits per heavy atom. The number of carbonyl (C=O) groups excluding carboxylic acids is 2. The van der Waals surface area contributed by atoms with Gasteiger partial charge in [-0.05, 0) is 18.2 Å². The van der Waals surface area contributed by atoms with E-state index in [1.165, 1.54) is 23.5 Å². The van der Waals surface area contributed by atoms with Crippen LogP contribution in [0.4, 0.5) is 10.5 Å². The Kier molecular flexibility index (Phi) is 6.59. The Balaban J connectivity index is 2.11. The van der Waals surface area contributed by atoms with Crippen molar-refractivity contribution in [1.82, 2.24) is 14.9 Å². The van der Waals surface area contributed by atoms with Gasteiger partial charge in [0, 0.05) is 25.8 Å². The summed E-state index contributed by atoms with van der Waals surface area (Å²) in [6.45, 7) is 0.963. The van der Waals surface area contributed by atoms with Crippen molar-refractivity contribution in [2.75, 3.05) is 45.2 Å². The lowest BCUT2D eigenvalue weighted by atomic mass is 10.3. The number of benzene rings is 1. The molecule has 1 aromatic carbocycles. The zero-order valence-electron chi connectivity index (χ0n) is 13.5. The maximum Gasteiger partial charge on any atom is 0.321 e. The number of sulfonamides is 1. The van der Waals surface area contributed by atoms with Gasteiger partial charge in [0.15, 0.2) is 0 Å². The maximum atomic E-state index is 12.7. The molecule has 1 aromatic rings. The lowest BCUT2D eigenvalue weighted by Gasteiger charge is -2.26. The highest BCUT2D eigenvalue weighted by atomic mass is 35.5. The van der Waals surface area contributed by atoms with Crippen molar-refractivity contribution in [1.29, 1.82) is 0 Å². The molecule has 11 heteroatoms. The fraction of sp³-hybridized carbons (Fsp3) is 0.429. The average Bonchev–Trinajstić information content (AvgIpc) is 2.61. The van der Waals surface area contributed by atoms with Crippen LogP contribution in [-0.2, 0) is 19.6 Å². The topological polar surface area (TPSA) is 117 Å². The highest BCUT2D eigenvalue weighted by molar-refractivity contribution is 7.89. The number of ether oxygens (including phenoxy) is 1. The van der Waals surface area contributed by atoms with Gasteiger partial charge in [0.25, 0.3) is 0 Å². The first-order valence-electron chi connectivity index (χ1n) is 7.47. The second-order valence-electron chi connectivity index (χ2n) is 5.14. The normalized spacial score (nSPS) is 15.4. The lowest BCUT2D eigenvalue weighted by Crippen LogP contribution is -2.41. The van der Waals surface area contributed by atoms with E-state index in [9.17, 15) is 18.0 Å². The summed E-state index contributed by atoms with van der Waals surface area (Å²) in [7, 11) is -2.37. The summed E-state index contributed by atoms with van der Waals surface area (Å²) in [4.78, 5) is 22.6. The van der Waals surface area contributed by atoms with Crippen LogP contribution in [0, 0.1) is 0 Å². The van der Waals surface area contributed by atoms with Gasteiger partial charge in [-0.25, -0.2) is 13.2 Å². The molecular weight excluding hydrogens is 372 g/mol. The number of morpholine rings is 1. The van der Waals surface area contributed by atoms with E-state index in [1.54, 1.807) is 6.07 Å². The number of imide groups is 1. The Labute approximate surface area is 150 Å². The Hall–Kier alpha value is -1.88. The molecule has 1 aliphatic rings. The monoisotopic (exact) mass is 390 g/mol. The predicted molar refractivity (Wildman–Crippen MR) is 92.1 cm³/mol. The molecule has 25 heavy (non-hydrogen) atoms. The van der Waals surface area contributed by atoms with Gasteiger partial charge in [0.2, 0.25) is 15.9 Å². The molecule has 0 aliphatic carbocycles. The molecule has 0 radical (unpaired) electrons. The number of carbonyl (C=O) groups is 2. The fourth-order valence-electron chi connectivity index (χ4n) is 2.15. The van der Waals surface area contributed by atoms with E-state index in [4.69, 9.17) is 16.3 Å². The van der Waals surface area contributed by atoms with Crippen LogP contribution in [0.1, 0.15) is 0 Å². The van der Waals surface area contributed by atoms with Crippen molar-refractivity contribution in [3.63, 3.8) is 0 Å². The smallest absolute Gasteiger partial charge is 0.321 e. The van der Waals surface area contributed by atoms with E-state index >= 15 is 0 Å². The van der Waals surface area contributed by atoms with Gasteiger partial charge in [0.1, 0.15) is 4.90 Å². The van der Waals surface area contributed by atoms with Gasteiger partial charge in [-0.1, -0.05) is 11.6 Å². The molecule has 0 aromatic heterocycles. The van der Waals surface area contributed by atoms with Crippen LogP contribution in [0.5, 0.6) is 0 Å². The van der Waals surface area contributed by atoms with Crippen molar-refractivity contribution in [3.05, 3.63) is 23.2 Å². The summed E-state index contributed by atoms with van der Waals surface area (Å²) in [5.41, 5.74) is 0.392. The van der Waals surface area contributed by atoms with Crippen LogP contribution in [0.3, 0.4) is 0 Å². The van der Waals surface area contributed by atoms with Crippen molar-refractivity contribution >= 4 is 39.2 Å². The van der Waals surface area contributed by atoms with Crippen molar-refractivity contribution in [3.8, 4) is 0 Å². The first kappa shape index (κ1) is 19.4. The molecule has 1 aliphatic heterocycles. The largest absolute Gasteiger partial charge is 0.379 e. The van der Waals surface area contributed by atoms with Gasteiger partial charge in [-0.3, -0.25) is 10.1 Å². The minimum absolute atomic E-state index is 0.0484. The second kappa shape index (κ2) is 8.48. The SMILES string of the molecule is CNC(=O)NC(=O)CNc1ccc(Cl)c(S(=O)(=O)N2CCOCC2)c1. The van der Waals surface area contributed by atoms with E-state index < -0.39 is 22.0 Å². The van der Waals surface area contributed by atoms with Crippen molar-refractivity contribution in [2.24, 2.45) is 0 Å². The van der Waals surface area contributed by atoms with Crippen molar-refractivity contribution in [2.45, 2.75) is 4.90 Å². The van der Waals surface area contributed by atoms with Crippen LogP contribution in [-0.4, -0.2) is 64.6 Å². The Morgan fingerprint density at radius 1 is 1.28 bits per heavy atom. The molecule has 9 nitrogen and oxygen atoms in total. The molecule has 3 amide bonds. The molecule has 1 fully saturated rings. The molecule has 0 unspecified atom stereocenters. The van der Waals surface area contributed by atoms with E-state index in [2.05, 4.69) is 16.0 Å². The lowest BCUT2D eigenvalue weighted by molar-refractivity contribution is -0.118. The highest BCUT2D eigenvalue weighted by Crippen LogP contribution is 2.28. The minimum atomic E-state index is -3.76. The molecular formula is C14H19ClN4O5S. The molecule has 1 heterocycles. The maximum absolute atomic E-state index is 12.7. The standard InChI is InChI=1S/C14H19ClN4O5S/c1-16-14(21)18-13(20)9-17-10-2-3-11(15)12(8-10)25(22,23)19-4-6-24-7-5-19/h2-3,8,17H,4-7,9H2,1H3,(H2,16,18,20,21). The number of nitrogens with zero attached hydrogens (tertiary/aromatic N) is 1. The molecule has 2 rings (SSSR count). The number of urea groups is 1. The second-order valence-corrected chi connectivity index (χ2v) is 7.46. The molecule has 0 atom stereocenters. The molecule has 1 saturated heterocycles. The highest BCUT2D eigenvalue weighted by Gasteiger charge is 2.28. The number of hydrogen-bond acceptors (Lipinski definition) is 6. The molecule has 0 spiro atoms. The molecule has 0 bridgehead atoms. The predicted octanol–water partition coefficient (Wildman–Crippen LogP) is 0.228. The number of anilines is 1. The first-order chi connectivity index (χ1) is 11.8. The third-order valence-corrected chi connectivity index (χ3v) is 5.83. The summed E-state index contributed by atoms with van der Waals surface area (Å²) in [6.07, 6.45) is 0. The van der Waals surface area contributed by atoms with Crippen LogP contribution in [0.2, 0.25) is 5.02 Å². The van der Waals surface area contributed by atoms with Gasteiger partial charge >= 0.3 is 6.03 Å². The number of amides is 3. The summed E-state index contributed by atoms with van der Waals surface area (Å²) in [5.74, 6) is -0.563. The summed E-state index contributed by atoms with van der Waals surface area (Å²) < 4.78 is 31.9. The Bertz CT molecular complexity index is 750. The third kappa shape index (κ3) is 5.05. The van der Waals surface area contributed by atoms with Crippen LogP contribution in [0.15, 0.2) is 23.1 Å². The van der Waals surface area contributed by atoms with E-state index in [-0.39, 0.29) is 29.6 Å². The van der Waals surface area contributed by atoms with Crippen LogP contribution >= 0.6 is 11.6 Å². The van der Waals surface area contributed by atoms with Crippen LogP contribution in [0.25, 0.3) is 0 Å². The quantitative estimate of drug-likeness (QED) is 0.662. The molecule has 138 valence electrons. The number of halogens is 1. The molecule has 3 N–H and O–H groups in total. The van der Waals surface area contributed by atoms with E-state index in [0.29, 0.717) is 18.9 Å². The number of nitrogens with one attached hydrogen (secondary N) is 3. The first-order valence-corrected chi connectivity index (χ1v) is 9.29. The summed E-state index contributed by atoms with van der Waals surface area (Å²) in [5, 5.41) is 7.19. The Morgan fingerprint density at radius 2 is 1.96 bits per heavy atom. The van der Waals surface area contributed by atoms with Crippen LogP contribution < -0.4 is 16.0 Å².